The van der Waals surface area contributed by atoms with E-state index in [9.17, 15) is 10.1 Å². The topological polar surface area (TPSA) is 77.8 Å². The van der Waals surface area contributed by atoms with Gasteiger partial charge in [-0.05, 0) is 28.8 Å². The van der Waals surface area contributed by atoms with E-state index in [1.54, 1.807) is 6.20 Å². The number of nitriles is 1. The molecule has 1 fully saturated rings. The number of rotatable bonds is 7. The van der Waals surface area contributed by atoms with Gasteiger partial charge in [-0.25, -0.2) is 0 Å². The Labute approximate surface area is 211 Å². The summed E-state index contributed by atoms with van der Waals surface area (Å²) in [5.74, 6) is 1.21. The molecule has 0 unspecified atom stereocenters. The highest BCUT2D eigenvalue weighted by atomic mass is 16.7. The normalized spacial score (nSPS) is 15.6. The molecule has 3 aromatic carbocycles. The molecule has 0 spiro atoms. The fraction of sp³-hybridized carbons (Fsp3) is 0.241. The van der Waals surface area contributed by atoms with E-state index in [1.165, 1.54) is 5.56 Å². The van der Waals surface area contributed by atoms with Crippen molar-refractivity contribution in [2.24, 2.45) is 0 Å². The second kappa shape index (κ2) is 11.0. The van der Waals surface area contributed by atoms with Gasteiger partial charge in [-0.1, -0.05) is 66.7 Å². The lowest BCUT2D eigenvalue weighted by Crippen LogP contribution is -2.44. The number of nitrogens with zero attached hydrogens (tertiary/aromatic N) is 3. The van der Waals surface area contributed by atoms with Crippen molar-refractivity contribution in [1.82, 2.24) is 15.1 Å². The van der Waals surface area contributed by atoms with Gasteiger partial charge in [-0.15, -0.1) is 0 Å². The predicted molar refractivity (Wildman–Crippen MR) is 136 cm³/mol. The molecule has 36 heavy (non-hydrogen) atoms. The number of carbonyl (C=O) groups excluding carboxylic acids is 1. The van der Waals surface area contributed by atoms with Gasteiger partial charge < -0.3 is 19.7 Å². The number of nitrogens with one attached hydrogen (secondary N) is 1. The van der Waals surface area contributed by atoms with Crippen molar-refractivity contribution in [3.8, 4) is 17.6 Å². The summed E-state index contributed by atoms with van der Waals surface area (Å²) in [5, 5.41) is 12.8. The van der Waals surface area contributed by atoms with E-state index in [1.807, 2.05) is 77.7 Å². The molecule has 3 aromatic rings. The Morgan fingerprint density at radius 2 is 1.56 bits per heavy atom. The maximum absolute atomic E-state index is 13.1. The zero-order valence-corrected chi connectivity index (χ0v) is 20.0. The van der Waals surface area contributed by atoms with Crippen molar-refractivity contribution in [3.05, 3.63) is 107 Å². The Kier molecular flexibility index (Phi) is 7.15. The monoisotopic (exact) mass is 480 g/mol. The number of piperazine rings is 1. The summed E-state index contributed by atoms with van der Waals surface area (Å²) in [6.45, 7) is 4.24. The van der Waals surface area contributed by atoms with Gasteiger partial charge in [0.05, 0.1) is 6.04 Å². The number of hydrogen-bond donors (Lipinski definition) is 1. The predicted octanol–water partition coefficient (Wildman–Crippen LogP) is 3.85. The highest BCUT2D eigenvalue weighted by molar-refractivity contribution is 5.97. The highest BCUT2D eigenvalue weighted by Gasteiger charge is 2.22. The Hall–Kier alpha value is -4.28. The van der Waals surface area contributed by atoms with Crippen LogP contribution in [0.15, 0.2) is 90.6 Å². The van der Waals surface area contributed by atoms with Crippen molar-refractivity contribution in [1.29, 1.82) is 5.26 Å². The third-order valence-electron chi connectivity index (χ3n) is 6.47. The van der Waals surface area contributed by atoms with Crippen LogP contribution in [-0.4, -0.2) is 48.7 Å². The minimum Gasteiger partial charge on any atom is -0.454 e. The molecule has 2 aliphatic heterocycles. The lowest BCUT2D eigenvalue weighted by molar-refractivity contribution is -0.117. The molecule has 2 aliphatic rings. The van der Waals surface area contributed by atoms with Crippen molar-refractivity contribution in [3.63, 3.8) is 0 Å². The van der Waals surface area contributed by atoms with E-state index in [-0.39, 0.29) is 24.3 Å². The fourth-order valence-corrected chi connectivity index (χ4v) is 4.53. The number of benzene rings is 3. The van der Waals surface area contributed by atoms with Gasteiger partial charge >= 0.3 is 0 Å². The maximum Gasteiger partial charge on any atom is 0.264 e. The lowest BCUT2D eigenvalue weighted by Gasteiger charge is -2.34. The summed E-state index contributed by atoms with van der Waals surface area (Å²) in [7, 11) is 0. The average Bonchev–Trinajstić information content (AvgIpc) is 3.40. The molecule has 7 heteroatoms. The van der Waals surface area contributed by atoms with Crippen molar-refractivity contribution in [2.45, 2.75) is 12.6 Å². The first kappa shape index (κ1) is 23.5. The zero-order valence-electron chi connectivity index (χ0n) is 20.0. The summed E-state index contributed by atoms with van der Waals surface area (Å²) in [4.78, 5) is 17.5. The van der Waals surface area contributed by atoms with Gasteiger partial charge in [0.1, 0.15) is 11.6 Å². The highest BCUT2D eigenvalue weighted by Crippen LogP contribution is 2.33. The smallest absolute Gasteiger partial charge is 0.264 e. The molecule has 2 heterocycles. The summed E-state index contributed by atoms with van der Waals surface area (Å²) in [6.07, 6.45) is 1.69. The van der Waals surface area contributed by atoms with Gasteiger partial charge in [0.15, 0.2) is 11.5 Å². The molecule has 1 saturated heterocycles. The minimum absolute atomic E-state index is 0.107. The molecule has 5 rings (SSSR count). The van der Waals surface area contributed by atoms with Crippen LogP contribution in [0.2, 0.25) is 0 Å². The van der Waals surface area contributed by atoms with E-state index < -0.39 is 0 Å². The average molecular weight is 481 g/mol. The van der Waals surface area contributed by atoms with Crippen LogP contribution in [0, 0.1) is 11.3 Å². The largest absolute Gasteiger partial charge is 0.454 e. The van der Waals surface area contributed by atoms with Gasteiger partial charge in [-0.3, -0.25) is 9.69 Å². The van der Waals surface area contributed by atoms with Crippen LogP contribution in [0.25, 0.3) is 0 Å². The first-order valence-electron chi connectivity index (χ1n) is 12.1. The molecule has 0 aromatic heterocycles. The van der Waals surface area contributed by atoms with E-state index in [0.717, 1.165) is 55.3 Å². The van der Waals surface area contributed by atoms with Crippen LogP contribution in [0.5, 0.6) is 11.5 Å². The van der Waals surface area contributed by atoms with E-state index in [4.69, 9.17) is 9.47 Å². The second-order valence-corrected chi connectivity index (χ2v) is 8.88. The fourth-order valence-electron chi connectivity index (χ4n) is 4.53. The lowest BCUT2D eigenvalue weighted by atomic mass is 9.98. The standard InChI is InChI=1S/C29H28N4O3/c30-18-25(29(34)31-28(23-7-3-1-4-8-23)24-9-5-2-6-10-24)20-33-15-13-32(14-16-33)19-22-11-12-26-27(17-22)36-21-35-26/h1-12,17,20,28H,13-16,19,21H2,(H,31,34)/b25-20-. The Morgan fingerprint density at radius 3 is 2.19 bits per heavy atom. The third-order valence-corrected chi connectivity index (χ3v) is 6.47. The Bertz CT molecular complexity index is 1220. The van der Waals surface area contributed by atoms with Crippen LogP contribution < -0.4 is 14.8 Å². The van der Waals surface area contributed by atoms with Gasteiger partial charge in [0, 0.05) is 38.9 Å². The van der Waals surface area contributed by atoms with E-state index in [2.05, 4.69) is 22.4 Å². The van der Waals surface area contributed by atoms with Crippen molar-refractivity contribution >= 4 is 5.91 Å². The quantitative estimate of drug-likeness (QED) is 0.409. The zero-order chi connectivity index (χ0) is 24.7. The van der Waals surface area contributed by atoms with Crippen LogP contribution in [0.3, 0.4) is 0 Å². The molecule has 1 N–H and O–H groups in total. The van der Waals surface area contributed by atoms with E-state index in [0.29, 0.717) is 0 Å². The number of amides is 1. The third kappa shape index (κ3) is 5.51. The Morgan fingerprint density at radius 1 is 0.917 bits per heavy atom. The number of fused-ring (bicyclic) bond motifs is 1. The molecule has 1 amide bonds. The molecule has 0 aliphatic carbocycles. The summed E-state index contributed by atoms with van der Waals surface area (Å²) in [5.41, 5.74) is 3.21. The maximum atomic E-state index is 13.1. The van der Waals surface area contributed by atoms with Crippen LogP contribution in [-0.2, 0) is 11.3 Å². The van der Waals surface area contributed by atoms with E-state index >= 15 is 0 Å². The molecule has 0 saturated carbocycles. The summed E-state index contributed by atoms with van der Waals surface area (Å²) in [6, 6.07) is 27.4. The van der Waals surface area contributed by atoms with Crippen LogP contribution >= 0.6 is 0 Å². The molecular formula is C29H28N4O3. The molecule has 0 bridgehead atoms. The van der Waals surface area contributed by atoms with Crippen molar-refractivity contribution < 1.29 is 14.3 Å². The second-order valence-electron chi connectivity index (χ2n) is 8.88. The minimum atomic E-state index is -0.377. The summed E-state index contributed by atoms with van der Waals surface area (Å²) >= 11 is 0. The van der Waals surface area contributed by atoms with Gasteiger partial charge in [0.2, 0.25) is 6.79 Å². The molecule has 182 valence electrons. The molecule has 7 nitrogen and oxygen atoms in total. The SMILES string of the molecule is N#C/C(=C/N1CCN(Cc2ccc3c(c2)OCO3)CC1)C(=O)NC(c1ccccc1)c1ccccc1. The van der Waals surface area contributed by atoms with Crippen molar-refractivity contribution in [2.75, 3.05) is 33.0 Å². The number of ether oxygens (including phenoxy) is 2. The molecule has 0 radical (unpaired) electrons. The number of hydrogen-bond acceptors (Lipinski definition) is 6. The van der Waals surface area contributed by atoms with Gasteiger partial charge in [0.25, 0.3) is 5.91 Å². The summed E-state index contributed by atoms with van der Waals surface area (Å²) < 4.78 is 10.9. The first-order chi connectivity index (χ1) is 17.7. The molecule has 0 atom stereocenters. The number of carbonyl (C=O) groups is 1. The molecular weight excluding hydrogens is 452 g/mol. The Balaban J connectivity index is 1.21. The first-order valence-corrected chi connectivity index (χ1v) is 12.1. The van der Waals surface area contributed by atoms with Gasteiger partial charge in [-0.2, -0.15) is 5.26 Å². The van der Waals surface area contributed by atoms with Crippen LogP contribution in [0.1, 0.15) is 22.7 Å². The van der Waals surface area contributed by atoms with Crippen LogP contribution in [0.4, 0.5) is 0 Å².